The predicted molar refractivity (Wildman–Crippen MR) is 63.8 cm³/mol. The maximum absolute atomic E-state index is 9.89. The molecule has 0 amide bonds. The Kier molecular flexibility index (Phi) is 4.63. The Hall–Kier alpha value is -0.340. The molecule has 0 radical (unpaired) electrons. The Morgan fingerprint density at radius 2 is 1.79 bits per heavy atom. The summed E-state index contributed by atoms with van der Waals surface area (Å²) in [6, 6.07) is 10.2. The van der Waals surface area contributed by atoms with Crippen LogP contribution in [0, 0.1) is 5.92 Å². The second-order valence-corrected chi connectivity index (χ2v) is 4.55. The molecule has 1 nitrogen and oxygen atoms in total. The fourth-order valence-corrected chi connectivity index (χ4v) is 2.23. The highest BCUT2D eigenvalue weighted by Crippen LogP contribution is 2.28. The van der Waals surface area contributed by atoms with E-state index in [1.807, 2.05) is 18.2 Å². The molecular formula is C12H17BrO. The van der Waals surface area contributed by atoms with E-state index in [9.17, 15) is 5.11 Å². The number of aliphatic hydroxyl groups excluding tert-OH is 1. The van der Waals surface area contributed by atoms with E-state index in [2.05, 4.69) is 41.9 Å². The predicted octanol–water partition coefficient (Wildman–Crippen LogP) is 3.18. The molecule has 0 saturated carbocycles. The lowest BCUT2D eigenvalue weighted by molar-refractivity contribution is 0.145. The van der Waals surface area contributed by atoms with Crippen molar-refractivity contribution in [2.45, 2.75) is 25.9 Å². The molecule has 2 heteroatoms. The number of rotatable bonds is 4. The molecule has 2 unspecified atom stereocenters. The average Bonchev–Trinajstić information content (AvgIpc) is 2.19. The van der Waals surface area contributed by atoms with Gasteiger partial charge < -0.3 is 5.11 Å². The first-order valence-electron chi connectivity index (χ1n) is 4.95. The molecule has 1 aromatic rings. The number of benzene rings is 1. The van der Waals surface area contributed by atoms with E-state index in [1.54, 1.807) is 0 Å². The third kappa shape index (κ3) is 2.82. The van der Waals surface area contributed by atoms with Crippen molar-refractivity contribution >= 4 is 15.9 Å². The van der Waals surface area contributed by atoms with E-state index in [0.717, 1.165) is 0 Å². The molecule has 1 aromatic carbocycles. The molecule has 2 atom stereocenters. The Balaban J connectivity index is 2.89. The van der Waals surface area contributed by atoms with Gasteiger partial charge in [-0.25, -0.2) is 0 Å². The molecule has 0 fully saturated rings. The smallest absolute Gasteiger partial charge is 0.0707 e. The summed E-state index contributed by atoms with van der Waals surface area (Å²) in [7, 11) is 0. The molecule has 1 N–H and O–H groups in total. The second-order valence-electron chi connectivity index (χ2n) is 3.90. The minimum atomic E-state index is -0.308. The largest absolute Gasteiger partial charge is 0.392 e. The van der Waals surface area contributed by atoms with E-state index >= 15 is 0 Å². The fraction of sp³-hybridized carbons (Fsp3) is 0.500. The average molecular weight is 257 g/mol. The van der Waals surface area contributed by atoms with Crippen LogP contribution in [0.3, 0.4) is 0 Å². The number of aliphatic hydroxyl groups is 1. The first-order valence-corrected chi connectivity index (χ1v) is 6.08. The topological polar surface area (TPSA) is 20.2 Å². The highest BCUT2D eigenvalue weighted by atomic mass is 79.9. The Morgan fingerprint density at radius 1 is 1.21 bits per heavy atom. The van der Waals surface area contributed by atoms with Crippen molar-refractivity contribution in [1.82, 2.24) is 0 Å². The van der Waals surface area contributed by atoms with Gasteiger partial charge in [-0.05, 0) is 11.5 Å². The van der Waals surface area contributed by atoms with Crippen LogP contribution in [0.5, 0.6) is 0 Å². The summed E-state index contributed by atoms with van der Waals surface area (Å²) < 4.78 is 0. The highest BCUT2D eigenvalue weighted by molar-refractivity contribution is 9.09. The molecule has 78 valence electrons. The van der Waals surface area contributed by atoms with Gasteiger partial charge in [0.05, 0.1) is 6.10 Å². The lowest BCUT2D eigenvalue weighted by Crippen LogP contribution is -2.24. The minimum Gasteiger partial charge on any atom is -0.392 e. The minimum absolute atomic E-state index is 0.218. The molecule has 0 spiro atoms. The third-order valence-electron chi connectivity index (χ3n) is 2.48. The maximum Gasteiger partial charge on any atom is 0.0707 e. The van der Waals surface area contributed by atoms with Crippen LogP contribution in [0.15, 0.2) is 30.3 Å². The van der Waals surface area contributed by atoms with Gasteiger partial charge in [-0.2, -0.15) is 0 Å². The lowest BCUT2D eigenvalue weighted by atomic mass is 9.85. The number of halogens is 1. The van der Waals surface area contributed by atoms with Crippen molar-refractivity contribution < 1.29 is 5.11 Å². The van der Waals surface area contributed by atoms with Gasteiger partial charge in [0.15, 0.2) is 0 Å². The fourth-order valence-electron chi connectivity index (χ4n) is 1.82. The number of hydrogen-bond acceptors (Lipinski definition) is 1. The molecule has 14 heavy (non-hydrogen) atoms. The van der Waals surface area contributed by atoms with Gasteiger partial charge in [0, 0.05) is 11.2 Å². The zero-order chi connectivity index (χ0) is 10.6. The summed E-state index contributed by atoms with van der Waals surface area (Å²) >= 11 is 3.33. The van der Waals surface area contributed by atoms with Crippen LogP contribution in [0.4, 0.5) is 0 Å². The molecule has 0 heterocycles. The van der Waals surface area contributed by atoms with Crippen molar-refractivity contribution in [1.29, 1.82) is 0 Å². The normalized spacial score (nSPS) is 15.5. The summed E-state index contributed by atoms with van der Waals surface area (Å²) in [5, 5.41) is 10.5. The van der Waals surface area contributed by atoms with Crippen LogP contribution in [0.2, 0.25) is 0 Å². The van der Waals surface area contributed by atoms with Crippen LogP contribution in [0.25, 0.3) is 0 Å². The van der Waals surface area contributed by atoms with Gasteiger partial charge in [-0.1, -0.05) is 60.1 Å². The van der Waals surface area contributed by atoms with Crippen LogP contribution >= 0.6 is 15.9 Å². The van der Waals surface area contributed by atoms with Crippen molar-refractivity contribution in [3.63, 3.8) is 0 Å². The molecule has 0 bridgehead atoms. The zero-order valence-corrected chi connectivity index (χ0v) is 10.2. The van der Waals surface area contributed by atoms with E-state index in [4.69, 9.17) is 0 Å². The van der Waals surface area contributed by atoms with Crippen molar-refractivity contribution in [2.75, 3.05) is 5.33 Å². The van der Waals surface area contributed by atoms with Crippen LogP contribution in [0.1, 0.15) is 25.3 Å². The van der Waals surface area contributed by atoms with Crippen LogP contribution in [-0.4, -0.2) is 16.5 Å². The van der Waals surface area contributed by atoms with Gasteiger partial charge in [0.1, 0.15) is 0 Å². The van der Waals surface area contributed by atoms with Gasteiger partial charge >= 0.3 is 0 Å². The van der Waals surface area contributed by atoms with Crippen LogP contribution < -0.4 is 0 Å². The Morgan fingerprint density at radius 3 is 2.21 bits per heavy atom. The third-order valence-corrected chi connectivity index (χ3v) is 3.14. The molecule has 0 aromatic heterocycles. The molecule has 0 aliphatic carbocycles. The zero-order valence-electron chi connectivity index (χ0n) is 8.65. The molecule has 0 aliphatic heterocycles. The Bertz CT molecular complexity index is 258. The van der Waals surface area contributed by atoms with Gasteiger partial charge in [-0.3, -0.25) is 0 Å². The molecule has 0 aliphatic rings. The Labute approximate surface area is 94.3 Å². The van der Waals surface area contributed by atoms with E-state index in [1.165, 1.54) is 5.56 Å². The van der Waals surface area contributed by atoms with E-state index in [-0.39, 0.29) is 12.0 Å². The van der Waals surface area contributed by atoms with Crippen LogP contribution in [-0.2, 0) is 0 Å². The summed E-state index contributed by atoms with van der Waals surface area (Å²) in [6.45, 7) is 4.28. The first-order chi connectivity index (χ1) is 6.66. The monoisotopic (exact) mass is 256 g/mol. The van der Waals surface area contributed by atoms with Gasteiger partial charge in [0.25, 0.3) is 0 Å². The van der Waals surface area contributed by atoms with Crippen molar-refractivity contribution in [3.8, 4) is 0 Å². The summed E-state index contributed by atoms with van der Waals surface area (Å²) in [6.07, 6.45) is -0.308. The summed E-state index contributed by atoms with van der Waals surface area (Å²) in [5.74, 6) is 0.667. The highest BCUT2D eigenvalue weighted by Gasteiger charge is 2.23. The number of alkyl halides is 1. The van der Waals surface area contributed by atoms with E-state index < -0.39 is 0 Å². The van der Waals surface area contributed by atoms with Gasteiger partial charge in [-0.15, -0.1) is 0 Å². The SMILES string of the molecule is CC(C)C(c1ccccc1)C(O)CBr. The van der Waals surface area contributed by atoms with Crippen molar-refractivity contribution in [3.05, 3.63) is 35.9 Å². The van der Waals surface area contributed by atoms with Crippen molar-refractivity contribution in [2.24, 2.45) is 5.92 Å². The summed E-state index contributed by atoms with van der Waals surface area (Å²) in [5.41, 5.74) is 1.22. The molecule has 1 rings (SSSR count). The molecule has 0 saturated heterocycles. The first kappa shape index (κ1) is 11.7. The number of hydrogen-bond donors (Lipinski definition) is 1. The summed E-state index contributed by atoms with van der Waals surface area (Å²) in [4.78, 5) is 0. The standard InChI is InChI=1S/C12H17BrO/c1-9(2)12(11(14)8-13)10-6-4-3-5-7-10/h3-7,9,11-12,14H,8H2,1-2H3. The maximum atomic E-state index is 9.89. The van der Waals surface area contributed by atoms with E-state index in [0.29, 0.717) is 11.2 Å². The molecular weight excluding hydrogens is 240 g/mol. The lowest BCUT2D eigenvalue weighted by Gasteiger charge is -2.25. The quantitative estimate of drug-likeness (QED) is 0.821. The second kappa shape index (κ2) is 5.52. The van der Waals surface area contributed by atoms with Gasteiger partial charge in [0.2, 0.25) is 0 Å².